The quantitative estimate of drug-likeness (QED) is 0.485. The summed E-state index contributed by atoms with van der Waals surface area (Å²) in [6.45, 7) is 3.56. The molecule has 1 aromatic carbocycles. The van der Waals surface area contributed by atoms with Crippen LogP contribution in [0, 0.1) is 18.8 Å². The molecule has 2 N–H and O–H groups in total. The van der Waals surface area contributed by atoms with Crippen LogP contribution in [0.25, 0.3) is 0 Å². The van der Waals surface area contributed by atoms with Gasteiger partial charge in [0, 0.05) is 30.3 Å². The molecule has 0 radical (unpaired) electrons. The lowest BCUT2D eigenvalue weighted by Crippen LogP contribution is -1.88. The lowest BCUT2D eigenvalue weighted by atomic mass is 10.1. The van der Waals surface area contributed by atoms with Gasteiger partial charge in [-0.1, -0.05) is 23.6 Å². The number of carbonyl (C=O) groups is 1. The van der Waals surface area contributed by atoms with Crippen LogP contribution in [-0.2, 0) is 4.79 Å². The fourth-order valence-corrected chi connectivity index (χ4v) is 1.79. The summed E-state index contributed by atoms with van der Waals surface area (Å²) in [7, 11) is 0. The van der Waals surface area contributed by atoms with E-state index >= 15 is 0 Å². The third kappa shape index (κ3) is 4.90. The summed E-state index contributed by atoms with van der Waals surface area (Å²) in [4.78, 5) is 10.7. The number of nitrogen functional groups attached to an aromatic ring is 1. The van der Waals surface area contributed by atoms with Gasteiger partial charge in [-0.3, -0.25) is 4.79 Å². The Balaban J connectivity index is 2.53. The fraction of sp³-hybridized carbons (Fsp3) is 0.308. The molecule has 2 nitrogen and oxygen atoms in total. The van der Waals surface area contributed by atoms with Crippen LogP contribution >= 0.6 is 11.8 Å². The van der Waals surface area contributed by atoms with Crippen LogP contribution in [0.5, 0.6) is 0 Å². The predicted octanol–water partition coefficient (Wildman–Crippen LogP) is 2.60. The molecule has 0 heterocycles. The van der Waals surface area contributed by atoms with Gasteiger partial charge in [0.05, 0.1) is 0 Å². The second-order valence-electron chi connectivity index (χ2n) is 3.52. The Kier molecular flexibility index (Phi) is 4.94. The maximum Gasteiger partial charge on any atom is 0.185 e. The largest absolute Gasteiger partial charge is 0.399 e. The number of nitrogens with two attached hydrogens (primary N) is 1. The number of hydrogen-bond acceptors (Lipinski definition) is 3. The van der Waals surface area contributed by atoms with Crippen LogP contribution in [0.2, 0.25) is 0 Å². The van der Waals surface area contributed by atoms with Crippen LogP contribution in [0.4, 0.5) is 5.69 Å². The normalized spacial score (nSPS) is 9.38. The highest BCUT2D eigenvalue weighted by molar-refractivity contribution is 8.13. The minimum absolute atomic E-state index is 0.140. The number of benzene rings is 1. The molecule has 0 aliphatic heterocycles. The van der Waals surface area contributed by atoms with E-state index in [1.54, 1.807) is 6.92 Å². The van der Waals surface area contributed by atoms with Crippen LogP contribution in [-0.4, -0.2) is 10.9 Å². The Hall–Kier alpha value is -1.40. The highest BCUT2D eigenvalue weighted by atomic mass is 32.2. The average molecular weight is 233 g/mol. The van der Waals surface area contributed by atoms with Gasteiger partial charge in [-0.05, 0) is 30.7 Å². The summed E-state index contributed by atoms with van der Waals surface area (Å²) in [5.41, 5.74) is 8.50. The van der Waals surface area contributed by atoms with Crippen molar-refractivity contribution in [2.45, 2.75) is 20.3 Å². The molecule has 84 valence electrons. The Morgan fingerprint density at radius 3 is 2.81 bits per heavy atom. The zero-order chi connectivity index (χ0) is 12.0. The summed E-state index contributed by atoms with van der Waals surface area (Å²) >= 11 is 1.31. The van der Waals surface area contributed by atoms with Gasteiger partial charge < -0.3 is 5.73 Å². The molecular formula is C13H15NOS. The highest BCUT2D eigenvalue weighted by Crippen LogP contribution is 2.10. The summed E-state index contributed by atoms with van der Waals surface area (Å²) in [5.74, 6) is 6.83. The van der Waals surface area contributed by atoms with Gasteiger partial charge in [-0.15, -0.1) is 0 Å². The zero-order valence-corrected chi connectivity index (χ0v) is 10.4. The van der Waals surface area contributed by atoms with E-state index < -0.39 is 0 Å². The fourth-order valence-electron chi connectivity index (χ4n) is 1.30. The summed E-state index contributed by atoms with van der Waals surface area (Å²) in [5, 5.41) is 0.140. The van der Waals surface area contributed by atoms with E-state index in [1.807, 2.05) is 25.1 Å². The molecular weight excluding hydrogens is 218 g/mol. The molecule has 0 spiro atoms. The molecule has 0 bridgehead atoms. The number of hydrogen-bond donors (Lipinski definition) is 1. The molecule has 0 fully saturated rings. The summed E-state index contributed by atoms with van der Waals surface area (Å²) < 4.78 is 0. The van der Waals surface area contributed by atoms with Crippen LogP contribution in [0.1, 0.15) is 24.5 Å². The second kappa shape index (κ2) is 6.24. The molecule has 0 atom stereocenters. The van der Waals surface area contributed by atoms with Crippen molar-refractivity contribution in [2.24, 2.45) is 0 Å². The second-order valence-corrected chi connectivity index (χ2v) is 4.80. The van der Waals surface area contributed by atoms with Gasteiger partial charge in [-0.2, -0.15) is 0 Å². The van der Waals surface area contributed by atoms with Gasteiger partial charge in [0.2, 0.25) is 0 Å². The van der Waals surface area contributed by atoms with E-state index in [9.17, 15) is 4.79 Å². The first kappa shape index (κ1) is 12.7. The first-order valence-corrected chi connectivity index (χ1v) is 6.06. The molecule has 0 aliphatic carbocycles. The molecule has 16 heavy (non-hydrogen) atoms. The van der Waals surface area contributed by atoms with Crippen LogP contribution < -0.4 is 5.73 Å². The summed E-state index contributed by atoms with van der Waals surface area (Å²) in [6, 6.07) is 5.77. The molecule has 0 unspecified atom stereocenters. The van der Waals surface area contributed by atoms with Crippen molar-refractivity contribution in [2.75, 3.05) is 11.5 Å². The standard InChI is InChI=1S/C13H15NOS/c1-10-7-12(9-13(14)8-10)5-3-4-6-16-11(2)15/h7-9H,4,6,14H2,1-2H3. The van der Waals surface area contributed by atoms with E-state index in [1.165, 1.54) is 11.8 Å². The zero-order valence-electron chi connectivity index (χ0n) is 9.54. The molecule has 0 aliphatic rings. The Bertz CT molecular complexity index is 423. The monoisotopic (exact) mass is 233 g/mol. The molecule has 0 aromatic heterocycles. The summed E-state index contributed by atoms with van der Waals surface area (Å²) in [6.07, 6.45) is 0.720. The number of carbonyl (C=O) groups excluding carboxylic acids is 1. The van der Waals surface area contributed by atoms with Crippen molar-refractivity contribution in [3.05, 3.63) is 29.3 Å². The predicted molar refractivity (Wildman–Crippen MR) is 70.2 cm³/mol. The number of rotatable bonds is 2. The maximum absolute atomic E-state index is 10.7. The first-order chi connectivity index (χ1) is 7.58. The third-order valence-corrected chi connectivity index (χ3v) is 2.68. The Morgan fingerprint density at radius 1 is 1.44 bits per heavy atom. The Labute approximate surface area is 101 Å². The molecule has 1 aromatic rings. The number of anilines is 1. The van der Waals surface area contributed by atoms with E-state index in [4.69, 9.17) is 5.73 Å². The minimum atomic E-state index is 0.140. The molecule has 0 saturated heterocycles. The van der Waals surface area contributed by atoms with E-state index in [-0.39, 0.29) is 5.12 Å². The van der Waals surface area contributed by atoms with Gasteiger partial charge in [0.1, 0.15) is 0 Å². The first-order valence-electron chi connectivity index (χ1n) is 5.07. The van der Waals surface area contributed by atoms with Gasteiger partial charge in [-0.25, -0.2) is 0 Å². The van der Waals surface area contributed by atoms with Crippen molar-refractivity contribution in [1.29, 1.82) is 0 Å². The SMILES string of the molecule is CC(=O)SCCC#Cc1cc(C)cc(N)c1. The van der Waals surface area contributed by atoms with E-state index in [0.29, 0.717) is 0 Å². The van der Waals surface area contributed by atoms with Gasteiger partial charge in [0.25, 0.3) is 0 Å². The topological polar surface area (TPSA) is 43.1 Å². The lowest BCUT2D eigenvalue weighted by Gasteiger charge is -1.97. The van der Waals surface area contributed by atoms with Gasteiger partial charge in [0.15, 0.2) is 5.12 Å². The number of aryl methyl sites for hydroxylation is 1. The lowest BCUT2D eigenvalue weighted by molar-refractivity contribution is -0.109. The van der Waals surface area contributed by atoms with E-state index in [2.05, 4.69) is 11.8 Å². The highest BCUT2D eigenvalue weighted by Gasteiger charge is 1.93. The minimum Gasteiger partial charge on any atom is -0.399 e. The van der Waals surface area contributed by atoms with E-state index in [0.717, 1.165) is 29.0 Å². The van der Waals surface area contributed by atoms with Crippen molar-refractivity contribution in [3.8, 4) is 11.8 Å². The number of thioether (sulfide) groups is 1. The third-order valence-electron chi connectivity index (χ3n) is 1.86. The Morgan fingerprint density at radius 2 is 2.19 bits per heavy atom. The van der Waals surface area contributed by atoms with Gasteiger partial charge >= 0.3 is 0 Å². The molecule has 0 amide bonds. The van der Waals surface area contributed by atoms with Crippen molar-refractivity contribution >= 4 is 22.6 Å². The maximum atomic E-state index is 10.7. The van der Waals surface area contributed by atoms with Crippen LogP contribution in [0.15, 0.2) is 18.2 Å². The average Bonchev–Trinajstić information content (AvgIpc) is 2.15. The van der Waals surface area contributed by atoms with Crippen molar-refractivity contribution < 1.29 is 4.79 Å². The smallest absolute Gasteiger partial charge is 0.185 e. The molecule has 3 heteroatoms. The molecule has 0 saturated carbocycles. The van der Waals surface area contributed by atoms with Crippen molar-refractivity contribution in [1.82, 2.24) is 0 Å². The molecule has 1 rings (SSSR count). The van der Waals surface area contributed by atoms with Crippen LogP contribution in [0.3, 0.4) is 0 Å². The van der Waals surface area contributed by atoms with Crippen molar-refractivity contribution in [3.63, 3.8) is 0 Å².